The van der Waals surface area contributed by atoms with E-state index in [0.717, 1.165) is 38.5 Å². The SMILES string of the molecule is CCOC(=O)C1(c2nc(CC(C)(C)C)no2)CCCCC1. The molecular weight excluding hydrogens is 268 g/mol. The number of hydrogen-bond donors (Lipinski definition) is 0. The second-order valence-corrected chi connectivity index (χ2v) is 7.12. The second-order valence-electron chi connectivity index (χ2n) is 7.12. The number of hydrogen-bond acceptors (Lipinski definition) is 5. The van der Waals surface area contributed by atoms with Crippen LogP contribution in [0.1, 0.15) is 71.5 Å². The second kappa shape index (κ2) is 6.16. The summed E-state index contributed by atoms with van der Waals surface area (Å²) in [6.45, 7) is 8.59. The minimum atomic E-state index is -0.725. The van der Waals surface area contributed by atoms with E-state index in [-0.39, 0.29) is 11.4 Å². The van der Waals surface area contributed by atoms with Crippen LogP contribution in [0.5, 0.6) is 0 Å². The van der Waals surface area contributed by atoms with Crippen molar-refractivity contribution in [1.29, 1.82) is 0 Å². The molecule has 0 bridgehead atoms. The highest BCUT2D eigenvalue weighted by molar-refractivity contribution is 5.82. The van der Waals surface area contributed by atoms with E-state index in [2.05, 4.69) is 30.9 Å². The fourth-order valence-electron chi connectivity index (χ4n) is 2.92. The molecule has 0 atom stereocenters. The summed E-state index contributed by atoms with van der Waals surface area (Å²) >= 11 is 0. The van der Waals surface area contributed by atoms with Crippen LogP contribution in [-0.4, -0.2) is 22.7 Å². The monoisotopic (exact) mass is 294 g/mol. The summed E-state index contributed by atoms with van der Waals surface area (Å²) in [6, 6.07) is 0. The lowest BCUT2D eigenvalue weighted by Crippen LogP contribution is -2.39. The van der Waals surface area contributed by atoms with Crippen molar-refractivity contribution in [2.24, 2.45) is 5.41 Å². The summed E-state index contributed by atoms with van der Waals surface area (Å²) in [5.41, 5.74) is -0.637. The fraction of sp³-hybridized carbons (Fsp3) is 0.812. The van der Waals surface area contributed by atoms with Gasteiger partial charge in [0.15, 0.2) is 5.82 Å². The van der Waals surface area contributed by atoms with Crippen LogP contribution >= 0.6 is 0 Å². The summed E-state index contributed by atoms with van der Waals surface area (Å²) in [4.78, 5) is 17.0. The average Bonchev–Trinajstić information content (AvgIpc) is 2.86. The van der Waals surface area contributed by atoms with E-state index in [4.69, 9.17) is 9.26 Å². The first-order valence-corrected chi connectivity index (χ1v) is 7.88. The lowest BCUT2D eigenvalue weighted by Gasteiger charge is -2.31. The molecule has 0 spiro atoms. The molecule has 1 saturated carbocycles. The van der Waals surface area contributed by atoms with Gasteiger partial charge in [-0.1, -0.05) is 45.2 Å². The Morgan fingerprint density at radius 3 is 2.52 bits per heavy atom. The van der Waals surface area contributed by atoms with Crippen molar-refractivity contribution in [2.45, 2.75) is 71.6 Å². The van der Waals surface area contributed by atoms with Gasteiger partial charge in [0, 0.05) is 6.42 Å². The average molecular weight is 294 g/mol. The van der Waals surface area contributed by atoms with Crippen LogP contribution in [0.4, 0.5) is 0 Å². The highest BCUT2D eigenvalue weighted by atomic mass is 16.5. The minimum Gasteiger partial charge on any atom is -0.465 e. The third-order valence-corrected chi connectivity index (χ3v) is 3.94. The fourth-order valence-corrected chi connectivity index (χ4v) is 2.92. The Kier molecular flexibility index (Phi) is 4.69. The van der Waals surface area contributed by atoms with E-state index in [1.165, 1.54) is 0 Å². The van der Waals surface area contributed by atoms with Crippen molar-refractivity contribution in [3.05, 3.63) is 11.7 Å². The van der Waals surface area contributed by atoms with E-state index in [0.29, 0.717) is 18.3 Å². The van der Waals surface area contributed by atoms with Gasteiger partial charge in [0.05, 0.1) is 6.61 Å². The number of carbonyl (C=O) groups excluding carboxylic acids is 1. The van der Waals surface area contributed by atoms with Crippen molar-refractivity contribution >= 4 is 5.97 Å². The molecule has 21 heavy (non-hydrogen) atoms. The number of nitrogens with zero attached hydrogens (tertiary/aromatic N) is 2. The molecule has 118 valence electrons. The first-order chi connectivity index (χ1) is 9.87. The molecule has 1 aromatic heterocycles. The predicted octanol–water partition coefficient (Wildman–Crippen LogP) is 3.42. The maximum atomic E-state index is 12.5. The molecule has 1 aromatic rings. The van der Waals surface area contributed by atoms with Gasteiger partial charge >= 0.3 is 5.97 Å². The van der Waals surface area contributed by atoms with E-state index in [1.54, 1.807) is 0 Å². The van der Waals surface area contributed by atoms with E-state index in [9.17, 15) is 4.79 Å². The molecule has 0 aliphatic heterocycles. The van der Waals surface area contributed by atoms with Crippen LogP contribution in [-0.2, 0) is 21.4 Å². The van der Waals surface area contributed by atoms with Crippen LogP contribution < -0.4 is 0 Å². The zero-order valence-electron chi connectivity index (χ0n) is 13.6. The van der Waals surface area contributed by atoms with Crippen LogP contribution in [0.15, 0.2) is 4.52 Å². The molecule has 1 fully saturated rings. The van der Waals surface area contributed by atoms with E-state index in [1.807, 2.05) is 6.92 Å². The molecule has 5 heteroatoms. The quantitative estimate of drug-likeness (QED) is 0.796. The van der Waals surface area contributed by atoms with Crippen molar-refractivity contribution in [1.82, 2.24) is 10.1 Å². The zero-order chi connectivity index (χ0) is 15.5. The Labute approximate surface area is 126 Å². The van der Waals surface area contributed by atoms with Gasteiger partial charge in [0.1, 0.15) is 5.41 Å². The normalized spacial score (nSPS) is 18.5. The van der Waals surface area contributed by atoms with Gasteiger partial charge in [-0.3, -0.25) is 4.79 Å². The number of rotatable bonds is 4. The maximum Gasteiger partial charge on any atom is 0.321 e. The van der Waals surface area contributed by atoms with Crippen molar-refractivity contribution in [3.8, 4) is 0 Å². The number of ether oxygens (including phenoxy) is 1. The van der Waals surface area contributed by atoms with Gasteiger partial charge in [-0.05, 0) is 25.2 Å². The maximum absolute atomic E-state index is 12.5. The Morgan fingerprint density at radius 2 is 1.95 bits per heavy atom. The Hall–Kier alpha value is -1.39. The number of esters is 1. The molecule has 0 saturated heterocycles. The summed E-state index contributed by atoms with van der Waals surface area (Å²) in [6.07, 6.45) is 5.34. The first kappa shape index (κ1) is 16.0. The highest BCUT2D eigenvalue weighted by Crippen LogP contribution is 2.40. The Balaban J connectivity index is 2.27. The van der Waals surface area contributed by atoms with Crippen molar-refractivity contribution in [3.63, 3.8) is 0 Å². The molecule has 2 rings (SSSR count). The third-order valence-electron chi connectivity index (χ3n) is 3.94. The third kappa shape index (κ3) is 3.63. The summed E-state index contributed by atoms with van der Waals surface area (Å²) in [5, 5.41) is 4.07. The summed E-state index contributed by atoms with van der Waals surface area (Å²) in [5.74, 6) is 0.905. The van der Waals surface area contributed by atoms with Gasteiger partial charge in [0.2, 0.25) is 5.89 Å². The number of carbonyl (C=O) groups is 1. The molecule has 1 aliphatic rings. The highest BCUT2D eigenvalue weighted by Gasteiger charge is 2.47. The Bertz CT molecular complexity index is 482. The number of aromatic nitrogens is 2. The van der Waals surface area contributed by atoms with Crippen LogP contribution in [0.25, 0.3) is 0 Å². The standard InChI is InChI=1S/C16H26N2O3/c1-5-20-14(19)16(9-7-6-8-10-16)13-17-12(18-21-13)11-15(2,3)4/h5-11H2,1-4H3. The molecule has 0 aromatic carbocycles. The van der Waals surface area contributed by atoms with E-state index >= 15 is 0 Å². The lowest BCUT2D eigenvalue weighted by molar-refractivity contribution is -0.152. The molecule has 5 nitrogen and oxygen atoms in total. The molecule has 0 N–H and O–H groups in total. The smallest absolute Gasteiger partial charge is 0.321 e. The largest absolute Gasteiger partial charge is 0.465 e. The van der Waals surface area contributed by atoms with Crippen LogP contribution in [0, 0.1) is 5.41 Å². The zero-order valence-corrected chi connectivity index (χ0v) is 13.6. The first-order valence-electron chi connectivity index (χ1n) is 7.88. The molecule has 0 radical (unpaired) electrons. The van der Waals surface area contributed by atoms with Gasteiger partial charge < -0.3 is 9.26 Å². The molecule has 0 amide bonds. The molecular formula is C16H26N2O3. The lowest BCUT2D eigenvalue weighted by atomic mass is 9.74. The van der Waals surface area contributed by atoms with E-state index < -0.39 is 5.41 Å². The predicted molar refractivity (Wildman–Crippen MR) is 78.9 cm³/mol. The van der Waals surface area contributed by atoms with Gasteiger partial charge in [-0.15, -0.1) is 0 Å². The minimum absolute atomic E-state index is 0.0881. The van der Waals surface area contributed by atoms with Gasteiger partial charge in [-0.2, -0.15) is 4.98 Å². The molecule has 1 heterocycles. The molecule has 1 aliphatic carbocycles. The summed E-state index contributed by atoms with van der Waals surface area (Å²) < 4.78 is 10.7. The van der Waals surface area contributed by atoms with Gasteiger partial charge in [0.25, 0.3) is 0 Å². The van der Waals surface area contributed by atoms with Crippen LogP contribution in [0.3, 0.4) is 0 Å². The van der Waals surface area contributed by atoms with Crippen molar-refractivity contribution < 1.29 is 14.1 Å². The molecule has 0 unspecified atom stereocenters. The Morgan fingerprint density at radius 1 is 1.29 bits per heavy atom. The van der Waals surface area contributed by atoms with Crippen molar-refractivity contribution in [2.75, 3.05) is 6.61 Å². The van der Waals surface area contributed by atoms with Gasteiger partial charge in [-0.25, -0.2) is 0 Å². The topological polar surface area (TPSA) is 65.2 Å². The summed E-state index contributed by atoms with van der Waals surface area (Å²) in [7, 11) is 0. The van der Waals surface area contributed by atoms with Crippen LogP contribution in [0.2, 0.25) is 0 Å².